The third kappa shape index (κ3) is 6.09. The maximum absolute atomic E-state index is 12.8. The number of amides is 1. The fourth-order valence-corrected chi connectivity index (χ4v) is 4.10. The minimum absolute atomic E-state index is 0.0425. The maximum Gasteiger partial charge on any atom is 0.229 e. The molecule has 1 saturated heterocycles. The highest BCUT2D eigenvalue weighted by molar-refractivity contribution is 5.79. The number of nitrogens with zero attached hydrogens (tertiary/aromatic N) is 3. The summed E-state index contributed by atoms with van der Waals surface area (Å²) >= 11 is 0. The molecule has 1 aliphatic heterocycles. The Morgan fingerprint density at radius 3 is 2.58 bits per heavy atom. The Morgan fingerprint density at radius 1 is 1.09 bits per heavy atom. The predicted octanol–water partition coefficient (Wildman–Crippen LogP) is 5.18. The molecule has 4 rings (SSSR count). The van der Waals surface area contributed by atoms with Crippen molar-refractivity contribution in [2.75, 3.05) is 23.3 Å². The van der Waals surface area contributed by atoms with Gasteiger partial charge in [-0.05, 0) is 55.0 Å². The van der Waals surface area contributed by atoms with Crippen molar-refractivity contribution in [3.05, 3.63) is 77.5 Å². The number of aryl methyl sites for hydroxylation is 1. The summed E-state index contributed by atoms with van der Waals surface area (Å²) in [5, 5.41) is 6.40. The number of carbonyl (C=O) groups excluding carboxylic acids is 1. The van der Waals surface area contributed by atoms with Crippen LogP contribution in [0.4, 0.5) is 17.5 Å². The number of aromatic nitrogens is 2. The molecule has 1 atom stereocenters. The van der Waals surface area contributed by atoms with E-state index in [4.69, 9.17) is 4.98 Å². The topological polar surface area (TPSA) is 70.2 Å². The monoisotopic (exact) mass is 443 g/mol. The van der Waals surface area contributed by atoms with E-state index in [1.54, 1.807) is 6.20 Å². The van der Waals surface area contributed by atoms with Gasteiger partial charge in [-0.25, -0.2) is 4.98 Å². The molecule has 2 N–H and O–H groups in total. The number of anilines is 3. The number of carbonyl (C=O) groups is 1. The second-order valence-electron chi connectivity index (χ2n) is 9.13. The first kappa shape index (κ1) is 22.8. The molecule has 1 amide bonds. The van der Waals surface area contributed by atoms with Crippen LogP contribution in [-0.4, -0.2) is 29.0 Å². The predicted molar refractivity (Wildman–Crippen MR) is 134 cm³/mol. The van der Waals surface area contributed by atoms with Gasteiger partial charge in [-0.3, -0.25) is 4.79 Å². The van der Waals surface area contributed by atoms with Crippen LogP contribution < -0.4 is 15.5 Å². The summed E-state index contributed by atoms with van der Waals surface area (Å²) in [5.41, 5.74) is 4.60. The lowest BCUT2D eigenvalue weighted by Crippen LogP contribution is -2.43. The molecule has 2 aromatic carbocycles. The molecule has 0 unspecified atom stereocenters. The zero-order chi connectivity index (χ0) is 23.2. The standard InChI is InChI=1S/C27H33N5O/c1-19(2)22-10-12-24(13-11-22)30-27-28-15-14-25(31-27)32-16-4-5-23(18-32)26(33)29-17-21-8-6-20(3)7-9-21/h6-15,19,23H,4-5,16-18H2,1-3H3,(H,29,33)(H,28,30,31)/t23-/m0/s1. The molecular weight excluding hydrogens is 410 g/mol. The SMILES string of the molecule is Cc1ccc(CNC(=O)[C@H]2CCCN(c3ccnc(Nc4ccc(C(C)C)cc4)n3)C2)cc1. The fourth-order valence-electron chi connectivity index (χ4n) is 4.10. The van der Waals surface area contributed by atoms with E-state index >= 15 is 0 Å². The Kier molecular flexibility index (Phi) is 7.23. The van der Waals surface area contributed by atoms with Gasteiger partial charge in [0.05, 0.1) is 5.92 Å². The van der Waals surface area contributed by atoms with E-state index in [9.17, 15) is 4.79 Å². The van der Waals surface area contributed by atoms with Gasteiger partial charge >= 0.3 is 0 Å². The van der Waals surface area contributed by atoms with Gasteiger partial charge in [-0.2, -0.15) is 4.98 Å². The summed E-state index contributed by atoms with van der Waals surface area (Å²) in [6.07, 6.45) is 3.63. The maximum atomic E-state index is 12.8. The molecule has 172 valence electrons. The first-order chi connectivity index (χ1) is 16.0. The van der Waals surface area contributed by atoms with Gasteiger partial charge in [0.1, 0.15) is 5.82 Å². The number of hydrogen-bond acceptors (Lipinski definition) is 5. The highest BCUT2D eigenvalue weighted by Gasteiger charge is 2.26. The lowest BCUT2D eigenvalue weighted by molar-refractivity contribution is -0.125. The number of rotatable bonds is 7. The average Bonchev–Trinajstić information content (AvgIpc) is 2.84. The summed E-state index contributed by atoms with van der Waals surface area (Å²) in [7, 11) is 0. The van der Waals surface area contributed by atoms with Gasteiger partial charge in [0, 0.05) is 31.5 Å². The smallest absolute Gasteiger partial charge is 0.229 e. The van der Waals surface area contributed by atoms with Crippen molar-refractivity contribution in [3.63, 3.8) is 0 Å². The molecule has 6 nitrogen and oxygen atoms in total. The molecule has 2 heterocycles. The van der Waals surface area contributed by atoms with Crippen molar-refractivity contribution in [3.8, 4) is 0 Å². The van der Waals surface area contributed by atoms with Crippen LogP contribution in [0.1, 0.15) is 49.3 Å². The van der Waals surface area contributed by atoms with Crippen molar-refractivity contribution < 1.29 is 4.79 Å². The fraction of sp³-hybridized carbons (Fsp3) is 0.370. The molecule has 3 aromatic rings. The van der Waals surface area contributed by atoms with Crippen LogP contribution in [0.15, 0.2) is 60.8 Å². The highest BCUT2D eigenvalue weighted by Crippen LogP contribution is 2.24. The molecule has 1 aliphatic rings. The quantitative estimate of drug-likeness (QED) is 0.526. The molecule has 1 fully saturated rings. The lowest BCUT2D eigenvalue weighted by Gasteiger charge is -2.33. The molecule has 0 saturated carbocycles. The minimum atomic E-state index is -0.0425. The Morgan fingerprint density at radius 2 is 1.85 bits per heavy atom. The van der Waals surface area contributed by atoms with E-state index in [0.29, 0.717) is 25.0 Å². The lowest BCUT2D eigenvalue weighted by atomic mass is 9.97. The number of hydrogen-bond donors (Lipinski definition) is 2. The number of benzene rings is 2. The second-order valence-corrected chi connectivity index (χ2v) is 9.13. The van der Waals surface area contributed by atoms with Crippen molar-refractivity contribution >= 4 is 23.4 Å². The van der Waals surface area contributed by atoms with Gasteiger partial charge in [0.15, 0.2) is 0 Å². The van der Waals surface area contributed by atoms with Crippen molar-refractivity contribution in [1.29, 1.82) is 0 Å². The Labute approximate surface area is 196 Å². The van der Waals surface area contributed by atoms with Gasteiger partial charge in [-0.1, -0.05) is 55.8 Å². The second kappa shape index (κ2) is 10.5. The third-order valence-electron chi connectivity index (χ3n) is 6.18. The van der Waals surface area contributed by atoms with E-state index < -0.39 is 0 Å². The minimum Gasteiger partial charge on any atom is -0.356 e. The Bertz CT molecular complexity index is 1060. The summed E-state index contributed by atoms with van der Waals surface area (Å²) in [5.74, 6) is 1.98. The number of nitrogens with one attached hydrogen (secondary N) is 2. The molecule has 6 heteroatoms. The normalized spacial score (nSPS) is 16.0. The van der Waals surface area contributed by atoms with E-state index in [0.717, 1.165) is 36.5 Å². The van der Waals surface area contributed by atoms with Crippen LogP contribution in [-0.2, 0) is 11.3 Å². The molecule has 0 radical (unpaired) electrons. The molecule has 0 aliphatic carbocycles. The van der Waals surface area contributed by atoms with Crippen molar-refractivity contribution in [2.45, 2.75) is 46.1 Å². The number of piperidine rings is 1. The van der Waals surface area contributed by atoms with E-state index in [1.807, 2.05) is 6.07 Å². The van der Waals surface area contributed by atoms with Gasteiger partial charge in [0.2, 0.25) is 11.9 Å². The Hall–Kier alpha value is -3.41. The largest absolute Gasteiger partial charge is 0.356 e. The third-order valence-corrected chi connectivity index (χ3v) is 6.18. The summed E-state index contributed by atoms with van der Waals surface area (Å²) in [6.45, 7) is 8.55. The Balaban J connectivity index is 1.36. The highest BCUT2D eigenvalue weighted by atomic mass is 16.1. The van der Waals surface area contributed by atoms with Crippen LogP contribution in [0.2, 0.25) is 0 Å². The average molecular weight is 444 g/mol. The molecule has 0 bridgehead atoms. The molecule has 33 heavy (non-hydrogen) atoms. The summed E-state index contributed by atoms with van der Waals surface area (Å²) in [6, 6.07) is 18.6. The van der Waals surface area contributed by atoms with Crippen LogP contribution in [0.5, 0.6) is 0 Å². The van der Waals surface area contributed by atoms with E-state index in [1.165, 1.54) is 11.1 Å². The zero-order valence-corrected chi connectivity index (χ0v) is 19.7. The van der Waals surface area contributed by atoms with Crippen molar-refractivity contribution in [2.24, 2.45) is 5.92 Å². The van der Waals surface area contributed by atoms with Gasteiger partial charge in [-0.15, -0.1) is 0 Å². The van der Waals surface area contributed by atoms with E-state index in [-0.39, 0.29) is 11.8 Å². The molecular formula is C27H33N5O. The van der Waals surface area contributed by atoms with Crippen molar-refractivity contribution in [1.82, 2.24) is 15.3 Å². The van der Waals surface area contributed by atoms with Gasteiger partial charge < -0.3 is 15.5 Å². The van der Waals surface area contributed by atoms with Crippen LogP contribution >= 0.6 is 0 Å². The molecule has 1 aromatic heterocycles. The van der Waals surface area contributed by atoms with E-state index in [2.05, 4.69) is 89.8 Å². The summed E-state index contributed by atoms with van der Waals surface area (Å²) in [4.78, 5) is 24.1. The first-order valence-electron chi connectivity index (χ1n) is 11.8. The van der Waals surface area contributed by atoms with Crippen LogP contribution in [0.3, 0.4) is 0 Å². The molecule has 0 spiro atoms. The summed E-state index contributed by atoms with van der Waals surface area (Å²) < 4.78 is 0. The van der Waals surface area contributed by atoms with Crippen LogP contribution in [0, 0.1) is 12.8 Å². The van der Waals surface area contributed by atoms with Gasteiger partial charge in [0.25, 0.3) is 0 Å². The van der Waals surface area contributed by atoms with Crippen LogP contribution in [0.25, 0.3) is 0 Å². The zero-order valence-electron chi connectivity index (χ0n) is 19.7. The first-order valence-corrected chi connectivity index (χ1v) is 11.8.